The first-order chi connectivity index (χ1) is 9.73. The quantitative estimate of drug-likeness (QED) is 0.682. The molecule has 1 spiro atoms. The monoisotopic (exact) mass is 400 g/mol. The zero-order chi connectivity index (χ0) is 15.4. The summed E-state index contributed by atoms with van der Waals surface area (Å²) in [5, 5.41) is 2.94. The van der Waals surface area contributed by atoms with Crippen LogP contribution in [0.3, 0.4) is 0 Å². The van der Waals surface area contributed by atoms with Gasteiger partial charge >= 0.3 is 6.09 Å². The van der Waals surface area contributed by atoms with E-state index in [1.165, 1.54) is 0 Å². The van der Waals surface area contributed by atoms with Gasteiger partial charge in [0, 0.05) is 16.7 Å². The number of nitrogens with one attached hydrogen (secondary N) is 1. The maximum atomic E-state index is 12.3. The molecule has 6 heteroatoms. The van der Waals surface area contributed by atoms with Crippen molar-refractivity contribution in [2.24, 2.45) is 0 Å². The minimum atomic E-state index is -0.604. The Balaban J connectivity index is 1.80. The van der Waals surface area contributed by atoms with Crippen molar-refractivity contribution in [3.05, 3.63) is 27.3 Å². The van der Waals surface area contributed by atoms with Crippen molar-refractivity contribution in [3.8, 4) is 0 Å². The first kappa shape index (κ1) is 14.6. The second-order valence-corrected chi connectivity index (χ2v) is 7.70. The van der Waals surface area contributed by atoms with Crippen LogP contribution in [0.5, 0.6) is 0 Å². The molecule has 2 heterocycles. The molecule has 2 aliphatic heterocycles. The molecule has 5 nitrogen and oxygen atoms in total. The number of para-hydroxylation sites is 1. The van der Waals surface area contributed by atoms with Crippen molar-refractivity contribution in [3.63, 3.8) is 0 Å². The first-order valence-electron chi connectivity index (χ1n) is 6.81. The number of amides is 2. The summed E-state index contributed by atoms with van der Waals surface area (Å²) in [7, 11) is 0. The molecule has 0 aliphatic carbocycles. The molecule has 0 saturated carbocycles. The molecule has 0 radical (unpaired) electrons. The fraction of sp³-hybridized carbons (Fsp3) is 0.467. The summed E-state index contributed by atoms with van der Waals surface area (Å²) in [5.41, 5.74) is 0.740. The molecule has 0 bridgehead atoms. The number of anilines is 1. The molecule has 1 saturated heterocycles. The Bertz CT molecular complexity index is 630. The van der Waals surface area contributed by atoms with Crippen LogP contribution >= 0.6 is 22.6 Å². The fourth-order valence-electron chi connectivity index (χ4n) is 2.78. The van der Waals surface area contributed by atoms with E-state index in [-0.39, 0.29) is 12.0 Å². The topological polar surface area (TPSA) is 58.6 Å². The average molecular weight is 400 g/mol. The zero-order valence-electron chi connectivity index (χ0n) is 12.2. The van der Waals surface area contributed by atoms with E-state index in [1.54, 1.807) is 4.90 Å². The van der Waals surface area contributed by atoms with Gasteiger partial charge in [-0.15, -0.1) is 0 Å². The molecule has 1 N–H and O–H groups in total. The van der Waals surface area contributed by atoms with Gasteiger partial charge in [-0.25, -0.2) is 4.79 Å². The Morgan fingerprint density at radius 3 is 2.67 bits per heavy atom. The number of likely N-dealkylation sites (tertiary alicyclic amines) is 1. The number of carbonyl (C=O) groups is 2. The van der Waals surface area contributed by atoms with E-state index in [1.807, 2.05) is 39.0 Å². The summed E-state index contributed by atoms with van der Waals surface area (Å²) in [4.78, 5) is 26.0. The second-order valence-electron chi connectivity index (χ2n) is 6.54. The van der Waals surface area contributed by atoms with Gasteiger partial charge in [0.05, 0.1) is 5.69 Å². The Morgan fingerprint density at radius 1 is 1.38 bits per heavy atom. The number of hydrogen-bond donors (Lipinski definition) is 1. The van der Waals surface area contributed by atoms with E-state index >= 15 is 0 Å². The molecule has 1 aromatic rings. The number of halogens is 1. The van der Waals surface area contributed by atoms with Gasteiger partial charge in [0.15, 0.2) is 0 Å². The van der Waals surface area contributed by atoms with E-state index in [0.717, 1.165) is 14.8 Å². The van der Waals surface area contributed by atoms with Gasteiger partial charge in [-0.1, -0.05) is 12.1 Å². The number of fused-ring (bicyclic) bond motifs is 2. The fourth-order valence-corrected chi connectivity index (χ4v) is 3.41. The largest absolute Gasteiger partial charge is 0.444 e. The van der Waals surface area contributed by atoms with Crippen LogP contribution in [0.1, 0.15) is 26.3 Å². The normalized spacial score (nSPS) is 19.0. The van der Waals surface area contributed by atoms with Gasteiger partial charge in [-0.3, -0.25) is 4.79 Å². The lowest BCUT2D eigenvalue weighted by Gasteiger charge is -2.46. The van der Waals surface area contributed by atoms with Crippen LogP contribution in [0.2, 0.25) is 0 Å². The third-order valence-electron chi connectivity index (χ3n) is 3.78. The predicted octanol–water partition coefficient (Wildman–Crippen LogP) is 2.73. The first-order valence-corrected chi connectivity index (χ1v) is 7.89. The summed E-state index contributed by atoms with van der Waals surface area (Å²) in [6.07, 6.45) is -0.361. The summed E-state index contributed by atoms with van der Waals surface area (Å²) >= 11 is 2.21. The third-order valence-corrected chi connectivity index (χ3v) is 4.67. The lowest BCUT2D eigenvalue weighted by Crippen LogP contribution is -2.64. The lowest BCUT2D eigenvalue weighted by molar-refractivity contribution is -0.126. The van der Waals surface area contributed by atoms with E-state index in [0.29, 0.717) is 13.1 Å². The van der Waals surface area contributed by atoms with Crippen molar-refractivity contribution in [2.45, 2.75) is 31.8 Å². The maximum absolute atomic E-state index is 12.3. The number of hydrogen-bond acceptors (Lipinski definition) is 3. The molecule has 0 unspecified atom stereocenters. The number of benzene rings is 1. The highest BCUT2D eigenvalue weighted by Gasteiger charge is 2.57. The Labute approximate surface area is 137 Å². The molecular formula is C15H17IN2O3. The van der Waals surface area contributed by atoms with Gasteiger partial charge in [-0.2, -0.15) is 0 Å². The van der Waals surface area contributed by atoms with Crippen molar-refractivity contribution in [1.82, 2.24) is 4.90 Å². The molecule has 2 amide bonds. The molecular weight excluding hydrogens is 383 g/mol. The molecule has 1 fully saturated rings. The molecule has 2 aliphatic rings. The smallest absolute Gasteiger partial charge is 0.410 e. The summed E-state index contributed by atoms with van der Waals surface area (Å²) < 4.78 is 6.36. The van der Waals surface area contributed by atoms with Crippen molar-refractivity contribution < 1.29 is 14.3 Å². The SMILES string of the molecule is CC(C)(C)OC(=O)N1CC2(C1)C(=O)Nc1c(I)cccc12. The van der Waals surface area contributed by atoms with Gasteiger partial charge in [0.1, 0.15) is 11.0 Å². The predicted molar refractivity (Wildman–Crippen MR) is 87.3 cm³/mol. The van der Waals surface area contributed by atoms with E-state index in [2.05, 4.69) is 27.9 Å². The summed E-state index contributed by atoms with van der Waals surface area (Å²) in [6, 6.07) is 5.86. The molecule has 0 aromatic heterocycles. The summed E-state index contributed by atoms with van der Waals surface area (Å²) in [5.74, 6) is -0.0265. The van der Waals surface area contributed by atoms with E-state index in [4.69, 9.17) is 4.74 Å². The van der Waals surface area contributed by atoms with E-state index in [9.17, 15) is 9.59 Å². The number of rotatable bonds is 0. The molecule has 0 atom stereocenters. The summed E-state index contributed by atoms with van der Waals surface area (Å²) in [6.45, 7) is 6.25. The van der Waals surface area contributed by atoms with Crippen LogP contribution in [-0.4, -0.2) is 35.6 Å². The maximum Gasteiger partial charge on any atom is 0.410 e. The van der Waals surface area contributed by atoms with Gasteiger partial charge in [0.25, 0.3) is 0 Å². The molecule has 112 valence electrons. The molecule has 1 aromatic carbocycles. The Hall–Kier alpha value is -1.31. The highest BCUT2D eigenvalue weighted by Crippen LogP contribution is 2.46. The zero-order valence-corrected chi connectivity index (χ0v) is 14.4. The molecule has 3 rings (SSSR count). The van der Waals surface area contributed by atoms with Crippen molar-refractivity contribution in [2.75, 3.05) is 18.4 Å². The minimum absolute atomic E-state index is 0.0265. The van der Waals surface area contributed by atoms with Crippen LogP contribution in [0.15, 0.2) is 18.2 Å². The minimum Gasteiger partial charge on any atom is -0.444 e. The van der Waals surface area contributed by atoms with Crippen LogP contribution in [-0.2, 0) is 14.9 Å². The van der Waals surface area contributed by atoms with Crippen LogP contribution < -0.4 is 5.32 Å². The Kier molecular flexibility index (Phi) is 3.20. The van der Waals surface area contributed by atoms with Gasteiger partial charge < -0.3 is 15.0 Å². The van der Waals surface area contributed by atoms with E-state index < -0.39 is 11.0 Å². The number of nitrogens with zero attached hydrogens (tertiary/aromatic N) is 1. The lowest BCUT2D eigenvalue weighted by atomic mass is 9.75. The van der Waals surface area contributed by atoms with Crippen molar-refractivity contribution in [1.29, 1.82) is 0 Å². The van der Waals surface area contributed by atoms with Crippen molar-refractivity contribution >= 4 is 40.3 Å². The van der Waals surface area contributed by atoms with Gasteiger partial charge in [0.2, 0.25) is 5.91 Å². The van der Waals surface area contributed by atoms with Gasteiger partial charge in [-0.05, 0) is 55.0 Å². The highest BCUT2D eigenvalue weighted by molar-refractivity contribution is 14.1. The Morgan fingerprint density at radius 2 is 2.05 bits per heavy atom. The molecule has 21 heavy (non-hydrogen) atoms. The van der Waals surface area contributed by atoms with Crippen LogP contribution in [0.25, 0.3) is 0 Å². The number of carbonyl (C=O) groups excluding carboxylic acids is 2. The van der Waals surface area contributed by atoms with Crippen LogP contribution in [0.4, 0.5) is 10.5 Å². The highest BCUT2D eigenvalue weighted by atomic mass is 127. The average Bonchev–Trinajstić information content (AvgIpc) is 2.58. The standard InChI is InChI=1S/C15H17IN2O3/c1-14(2,3)21-13(20)18-7-15(8-18)9-5-4-6-10(16)11(9)17-12(15)19/h4-6H,7-8H2,1-3H3,(H,17,19). The number of ether oxygens (including phenoxy) is 1. The third kappa shape index (κ3) is 2.29. The second kappa shape index (κ2) is 4.59. The van der Waals surface area contributed by atoms with Crippen LogP contribution in [0, 0.1) is 3.57 Å².